The van der Waals surface area contributed by atoms with Crippen LogP contribution in [-0.2, 0) is 20.7 Å². The van der Waals surface area contributed by atoms with Gasteiger partial charge >= 0.3 is 5.97 Å². The third kappa shape index (κ3) is 4.60. The zero-order chi connectivity index (χ0) is 18.5. The molecular weight excluding hydrogens is 362 g/mol. The van der Waals surface area contributed by atoms with Gasteiger partial charge in [-0.25, -0.2) is 13.8 Å². The Morgan fingerprint density at radius 2 is 1.96 bits per heavy atom. The molecule has 0 aliphatic rings. The summed E-state index contributed by atoms with van der Waals surface area (Å²) in [5, 5.41) is 2.96. The van der Waals surface area contributed by atoms with Crippen LogP contribution < -0.4 is 5.32 Å². The Bertz CT molecular complexity index is 926. The first-order chi connectivity index (χ1) is 12.5. The van der Waals surface area contributed by atoms with Crippen LogP contribution in [0.2, 0.25) is 0 Å². The number of rotatable bonds is 6. The van der Waals surface area contributed by atoms with Gasteiger partial charge in [0.15, 0.2) is 6.61 Å². The summed E-state index contributed by atoms with van der Waals surface area (Å²) in [5.41, 5.74) is 0.567. The first-order valence-electron chi connectivity index (χ1n) is 7.76. The molecule has 0 bridgehead atoms. The van der Waals surface area contributed by atoms with Gasteiger partial charge in [0.05, 0.1) is 27.3 Å². The number of aryl methyl sites for hydroxylation is 1. The molecule has 0 saturated carbocycles. The Morgan fingerprint density at radius 1 is 1.15 bits per heavy atom. The van der Waals surface area contributed by atoms with E-state index in [1.165, 1.54) is 11.3 Å². The number of fused-ring (bicyclic) bond motifs is 1. The van der Waals surface area contributed by atoms with Crippen molar-refractivity contribution in [3.63, 3.8) is 0 Å². The van der Waals surface area contributed by atoms with Crippen molar-refractivity contribution in [1.82, 2.24) is 4.98 Å². The first kappa shape index (κ1) is 17.9. The van der Waals surface area contributed by atoms with Crippen LogP contribution in [0.25, 0.3) is 10.2 Å². The van der Waals surface area contributed by atoms with Crippen molar-refractivity contribution in [2.45, 2.75) is 12.8 Å². The summed E-state index contributed by atoms with van der Waals surface area (Å²) < 4.78 is 32.4. The van der Waals surface area contributed by atoms with E-state index in [2.05, 4.69) is 10.3 Å². The van der Waals surface area contributed by atoms with Gasteiger partial charge in [-0.05, 0) is 24.3 Å². The molecule has 1 N–H and O–H groups in total. The zero-order valence-corrected chi connectivity index (χ0v) is 14.3. The summed E-state index contributed by atoms with van der Waals surface area (Å²) in [4.78, 5) is 27.8. The molecule has 8 heteroatoms. The molecule has 2 aromatic carbocycles. The van der Waals surface area contributed by atoms with E-state index >= 15 is 0 Å². The molecule has 26 heavy (non-hydrogen) atoms. The lowest BCUT2D eigenvalue weighted by Gasteiger charge is -2.07. The number of anilines is 1. The second-order valence-electron chi connectivity index (χ2n) is 5.41. The average molecular weight is 376 g/mol. The van der Waals surface area contributed by atoms with Gasteiger partial charge < -0.3 is 10.1 Å². The Balaban J connectivity index is 1.46. The van der Waals surface area contributed by atoms with E-state index in [1.54, 1.807) is 0 Å². The van der Waals surface area contributed by atoms with Gasteiger partial charge in [-0.2, -0.15) is 0 Å². The number of nitrogens with zero attached hydrogens (tertiary/aromatic N) is 1. The third-order valence-corrected chi connectivity index (χ3v) is 4.54. The van der Waals surface area contributed by atoms with Gasteiger partial charge in [0.2, 0.25) is 0 Å². The summed E-state index contributed by atoms with van der Waals surface area (Å²) >= 11 is 1.49. The highest BCUT2D eigenvalue weighted by Gasteiger charge is 2.12. The number of hydrogen-bond acceptors (Lipinski definition) is 5. The minimum atomic E-state index is -0.776. The minimum Gasteiger partial charge on any atom is -0.456 e. The molecule has 0 aliphatic carbocycles. The lowest BCUT2D eigenvalue weighted by Crippen LogP contribution is -2.21. The fourth-order valence-corrected chi connectivity index (χ4v) is 3.20. The molecule has 134 valence electrons. The number of carbonyl (C=O) groups is 2. The number of para-hydroxylation sites is 1. The molecule has 0 unspecified atom stereocenters. The van der Waals surface area contributed by atoms with E-state index in [9.17, 15) is 18.4 Å². The average Bonchev–Trinajstić information content (AvgIpc) is 3.04. The molecule has 0 radical (unpaired) electrons. The molecule has 0 spiro atoms. The SMILES string of the molecule is O=C(COC(=O)CCc1nc2ccccc2s1)Nc1cc(F)ccc1F. The number of aromatic nitrogens is 1. The van der Waals surface area contributed by atoms with Crippen molar-refractivity contribution in [2.75, 3.05) is 11.9 Å². The Labute approximate surface area is 151 Å². The van der Waals surface area contributed by atoms with E-state index in [-0.39, 0.29) is 12.1 Å². The smallest absolute Gasteiger partial charge is 0.306 e. The van der Waals surface area contributed by atoms with E-state index in [4.69, 9.17) is 4.74 Å². The van der Waals surface area contributed by atoms with Crippen LogP contribution in [0.4, 0.5) is 14.5 Å². The number of amides is 1. The summed E-state index contributed by atoms with van der Waals surface area (Å²) in [7, 11) is 0. The van der Waals surface area contributed by atoms with Gasteiger partial charge in [-0.1, -0.05) is 12.1 Å². The number of ether oxygens (including phenoxy) is 1. The summed E-state index contributed by atoms with van der Waals surface area (Å²) in [5.74, 6) is -2.78. The van der Waals surface area contributed by atoms with Crippen molar-refractivity contribution in [3.8, 4) is 0 Å². The molecule has 1 heterocycles. The van der Waals surface area contributed by atoms with Crippen molar-refractivity contribution in [2.24, 2.45) is 0 Å². The van der Waals surface area contributed by atoms with Gasteiger partial charge in [0.1, 0.15) is 11.6 Å². The molecule has 1 aromatic heterocycles. The molecule has 5 nitrogen and oxygen atoms in total. The predicted octanol–water partition coefficient (Wildman–Crippen LogP) is 3.69. The largest absolute Gasteiger partial charge is 0.456 e. The van der Waals surface area contributed by atoms with Crippen LogP contribution in [0.3, 0.4) is 0 Å². The molecule has 1 amide bonds. The third-order valence-electron chi connectivity index (χ3n) is 3.45. The summed E-state index contributed by atoms with van der Waals surface area (Å²) in [6, 6.07) is 10.3. The van der Waals surface area contributed by atoms with Gasteiger partial charge in [-0.3, -0.25) is 9.59 Å². The van der Waals surface area contributed by atoms with Crippen molar-refractivity contribution >= 4 is 39.1 Å². The van der Waals surface area contributed by atoms with Crippen molar-refractivity contribution in [3.05, 3.63) is 59.1 Å². The van der Waals surface area contributed by atoms with Crippen LogP contribution in [0.1, 0.15) is 11.4 Å². The maximum absolute atomic E-state index is 13.4. The Hall–Kier alpha value is -2.87. The van der Waals surface area contributed by atoms with Crippen LogP contribution in [-0.4, -0.2) is 23.5 Å². The lowest BCUT2D eigenvalue weighted by atomic mass is 10.3. The van der Waals surface area contributed by atoms with Gasteiger partial charge in [0, 0.05) is 12.5 Å². The number of carbonyl (C=O) groups excluding carboxylic acids is 2. The number of thiazole rings is 1. The fraction of sp³-hybridized carbons (Fsp3) is 0.167. The zero-order valence-electron chi connectivity index (χ0n) is 13.5. The normalized spacial score (nSPS) is 10.7. The number of halogens is 2. The maximum Gasteiger partial charge on any atom is 0.306 e. The van der Waals surface area contributed by atoms with E-state index in [0.29, 0.717) is 6.42 Å². The quantitative estimate of drug-likeness (QED) is 0.666. The highest BCUT2D eigenvalue weighted by molar-refractivity contribution is 7.18. The minimum absolute atomic E-state index is 0.0709. The van der Waals surface area contributed by atoms with Gasteiger partial charge in [-0.15, -0.1) is 11.3 Å². The second kappa shape index (κ2) is 8.01. The standard InChI is InChI=1S/C18H14F2N2O3S/c19-11-5-6-12(20)14(9-11)21-16(23)10-25-18(24)8-7-17-22-13-3-1-2-4-15(13)26-17/h1-6,9H,7-8,10H2,(H,21,23). The second-order valence-corrected chi connectivity index (χ2v) is 6.52. The molecule has 3 aromatic rings. The lowest BCUT2D eigenvalue weighted by molar-refractivity contribution is -0.147. The van der Waals surface area contributed by atoms with Crippen LogP contribution in [0.5, 0.6) is 0 Å². The van der Waals surface area contributed by atoms with E-state index in [1.807, 2.05) is 24.3 Å². The number of nitrogens with one attached hydrogen (secondary N) is 1. The van der Waals surface area contributed by atoms with Crippen molar-refractivity contribution in [1.29, 1.82) is 0 Å². The van der Waals surface area contributed by atoms with Crippen LogP contribution in [0, 0.1) is 11.6 Å². The molecule has 3 rings (SSSR count). The highest BCUT2D eigenvalue weighted by atomic mass is 32.1. The molecule has 0 aliphatic heterocycles. The molecular formula is C18H14F2N2O3S. The molecule has 0 atom stereocenters. The summed E-state index contributed by atoms with van der Waals surface area (Å²) in [6.07, 6.45) is 0.472. The van der Waals surface area contributed by atoms with Crippen LogP contribution >= 0.6 is 11.3 Å². The number of benzene rings is 2. The molecule has 0 fully saturated rings. The Kier molecular flexibility index (Phi) is 5.52. The van der Waals surface area contributed by atoms with Gasteiger partial charge in [0.25, 0.3) is 5.91 Å². The number of esters is 1. The maximum atomic E-state index is 13.4. The number of hydrogen-bond donors (Lipinski definition) is 1. The molecule has 0 saturated heterocycles. The van der Waals surface area contributed by atoms with E-state index < -0.39 is 30.1 Å². The summed E-state index contributed by atoms with van der Waals surface area (Å²) in [6.45, 7) is -0.575. The van der Waals surface area contributed by atoms with E-state index in [0.717, 1.165) is 33.4 Å². The fourth-order valence-electron chi connectivity index (χ4n) is 2.23. The van der Waals surface area contributed by atoms with Crippen molar-refractivity contribution < 1.29 is 23.1 Å². The monoisotopic (exact) mass is 376 g/mol. The Morgan fingerprint density at radius 3 is 2.77 bits per heavy atom. The van der Waals surface area contributed by atoms with Crippen LogP contribution in [0.15, 0.2) is 42.5 Å². The highest BCUT2D eigenvalue weighted by Crippen LogP contribution is 2.22. The predicted molar refractivity (Wildman–Crippen MR) is 93.9 cm³/mol. The topological polar surface area (TPSA) is 68.3 Å². The first-order valence-corrected chi connectivity index (χ1v) is 8.58.